The van der Waals surface area contributed by atoms with Gasteiger partial charge >= 0.3 is 0 Å². The van der Waals surface area contributed by atoms with E-state index in [1.165, 1.54) is 11.8 Å². The molecule has 0 saturated carbocycles. The average Bonchev–Trinajstić information content (AvgIpc) is 2.42. The van der Waals surface area contributed by atoms with Crippen LogP contribution in [-0.4, -0.2) is 12.2 Å². The summed E-state index contributed by atoms with van der Waals surface area (Å²) in [6, 6.07) is 12.4. The van der Waals surface area contributed by atoms with E-state index in [0.29, 0.717) is 22.0 Å². The molecule has 19 heavy (non-hydrogen) atoms. The largest absolute Gasteiger partial charge is 0.399 e. The van der Waals surface area contributed by atoms with Crippen molar-refractivity contribution in [3.05, 3.63) is 53.1 Å². The van der Waals surface area contributed by atoms with Crippen LogP contribution in [0.2, 0.25) is 5.02 Å². The first-order chi connectivity index (χ1) is 9.11. The fourth-order valence-corrected chi connectivity index (χ4v) is 2.42. The van der Waals surface area contributed by atoms with Crippen molar-refractivity contribution in [3.8, 4) is 0 Å². The molecule has 5 heteroatoms. The number of carbonyl (C=O) groups is 1. The summed E-state index contributed by atoms with van der Waals surface area (Å²) in [5.41, 5.74) is 7.37. The molecule has 0 unspecified atom stereocenters. The van der Waals surface area contributed by atoms with Gasteiger partial charge in [0.15, 0.2) is 0 Å². The van der Waals surface area contributed by atoms with Crippen LogP contribution in [0.15, 0.2) is 47.4 Å². The highest BCUT2D eigenvalue weighted by Gasteiger charge is 2.12. The molecule has 0 saturated heterocycles. The molecule has 3 nitrogen and oxygen atoms in total. The quantitative estimate of drug-likeness (QED) is 0.666. The molecule has 2 aromatic rings. The van der Waals surface area contributed by atoms with Crippen molar-refractivity contribution in [2.45, 2.75) is 4.90 Å². The topological polar surface area (TPSA) is 55.1 Å². The molecular weight excluding hydrogens is 280 g/mol. The number of nitrogens with one attached hydrogen (secondary N) is 1. The van der Waals surface area contributed by atoms with Crippen LogP contribution in [0.25, 0.3) is 0 Å². The molecule has 2 rings (SSSR count). The van der Waals surface area contributed by atoms with E-state index in [2.05, 4.69) is 5.32 Å². The summed E-state index contributed by atoms with van der Waals surface area (Å²) in [4.78, 5) is 13.2. The number of nitrogens with two attached hydrogens (primary N) is 1. The fraction of sp³-hybridized carbons (Fsp3) is 0.0714. The number of rotatable bonds is 3. The van der Waals surface area contributed by atoms with Gasteiger partial charge in [-0.2, -0.15) is 0 Å². The highest BCUT2D eigenvalue weighted by molar-refractivity contribution is 7.98. The number of benzene rings is 2. The predicted octanol–water partition coefficient (Wildman–Crippen LogP) is 3.90. The lowest BCUT2D eigenvalue weighted by Gasteiger charge is -2.10. The van der Waals surface area contributed by atoms with Gasteiger partial charge < -0.3 is 11.1 Å². The SMILES string of the molecule is CSc1ccccc1C(=O)Nc1cc(N)ccc1Cl. The van der Waals surface area contributed by atoms with Crippen LogP contribution in [0.4, 0.5) is 11.4 Å². The van der Waals surface area contributed by atoms with Crippen LogP contribution >= 0.6 is 23.4 Å². The van der Waals surface area contributed by atoms with E-state index in [9.17, 15) is 4.79 Å². The monoisotopic (exact) mass is 292 g/mol. The number of thioether (sulfide) groups is 1. The van der Waals surface area contributed by atoms with Gasteiger partial charge in [-0.25, -0.2) is 0 Å². The van der Waals surface area contributed by atoms with Crippen molar-refractivity contribution in [1.82, 2.24) is 0 Å². The normalized spacial score (nSPS) is 10.2. The van der Waals surface area contributed by atoms with E-state index < -0.39 is 0 Å². The minimum absolute atomic E-state index is 0.197. The van der Waals surface area contributed by atoms with Crippen LogP contribution in [0.3, 0.4) is 0 Å². The Balaban J connectivity index is 2.28. The van der Waals surface area contributed by atoms with Crippen LogP contribution in [-0.2, 0) is 0 Å². The lowest BCUT2D eigenvalue weighted by atomic mass is 10.2. The number of nitrogen functional groups attached to an aromatic ring is 1. The van der Waals surface area contributed by atoms with Gasteiger partial charge in [-0.05, 0) is 36.6 Å². The second kappa shape index (κ2) is 5.99. The predicted molar refractivity (Wildman–Crippen MR) is 82.0 cm³/mol. The summed E-state index contributed by atoms with van der Waals surface area (Å²) < 4.78 is 0. The third kappa shape index (κ3) is 3.22. The first-order valence-electron chi connectivity index (χ1n) is 5.61. The lowest BCUT2D eigenvalue weighted by molar-refractivity contribution is 0.102. The first kappa shape index (κ1) is 13.8. The zero-order valence-corrected chi connectivity index (χ0v) is 11.9. The van der Waals surface area contributed by atoms with Crippen molar-refractivity contribution < 1.29 is 4.79 Å². The molecular formula is C14H13ClN2OS. The summed E-state index contributed by atoms with van der Waals surface area (Å²) in [5, 5.41) is 3.24. The van der Waals surface area contributed by atoms with Crippen LogP contribution in [0.1, 0.15) is 10.4 Å². The zero-order chi connectivity index (χ0) is 13.8. The van der Waals surface area contributed by atoms with E-state index >= 15 is 0 Å². The molecule has 0 bridgehead atoms. The maximum atomic E-state index is 12.2. The van der Waals surface area contributed by atoms with Gasteiger partial charge in [0.05, 0.1) is 16.3 Å². The minimum Gasteiger partial charge on any atom is -0.399 e. The number of anilines is 2. The number of carbonyl (C=O) groups excluding carboxylic acids is 1. The molecule has 0 aliphatic heterocycles. The molecule has 0 fully saturated rings. The fourth-order valence-electron chi connectivity index (χ4n) is 1.66. The van der Waals surface area contributed by atoms with Gasteiger partial charge in [0, 0.05) is 10.6 Å². The van der Waals surface area contributed by atoms with Gasteiger partial charge in [0.1, 0.15) is 0 Å². The Morgan fingerprint density at radius 3 is 2.74 bits per heavy atom. The van der Waals surface area contributed by atoms with Crippen molar-refractivity contribution in [3.63, 3.8) is 0 Å². The molecule has 0 heterocycles. The Morgan fingerprint density at radius 2 is 2.00 bits per heavy atom. The van der Waals surface area contributed by atoms with Crippen molar-refractivity contribution in [1.29, 1.82) is 0 Å². The standard InChI is InChI=1S/C14H13ClN2OS/c1-19-13-5-3-2-4-10(13)14(18)17-12-8-9(16)6-7-11(12)15/h2-8H,16H2,1H3,(H,17,18). The summed E-state index contributed by atoms with van der Waals surface area (Å²) >= 11 is 7.55. The Morgan fingerprint density at radius 1 is 1.26 bits per heavy atom. The van der Waals surface area contributed by atoms with Gasteiger partial charge in [0.2, 0.25) is 0 Å². The third-order valence-corrected chi connectivity index (χ3v) is 3.72. The second-order valence-electron chi connectivity index (χ2n) is 3.89. The van der Waals surface area contributed by atoms with E-state index in [1.54, 1.807) is 24.3 Å². The van der Waals surface area contributed by atoms with Gasteiger partial charge in [0.25, 0.3) is 5.91 Å². The maximum absolute atomic E-state index is 12.2. The van der Waals surface area contributed by atoms with Gasteiger partial charge in [-0.3, -0.25) is 4.79 Å². The minimum atomic E-state index is -0.197. The van der Waals surface area contributed by atoms with E-state index in [0.717, 1.165) is 4.90 Å². The molecule has 3 N–H and O–H groups in total. The average molecular weight is 293 g/mol. The van der Waals surface area contributed by atoms with E-state index in [4.69, 9.17) is 17.3 Å². The number of hydrogen-bond acceptors (Lipinski definition) is 3. The highest BCUT2D eigenvalue weighted by Crippen LogP contribution is 2.26. The Hall–Kier alpha value is -1.65. The molecule has 0 radical (unpaired) electrons. The molecule has 0 atom stereocenters. The molecule has 2 aromatic carbocycles. The molecule has 98 valence electrons. The first-order valence-corrected chi connectivity index (χ1v) is 7.21. The van der Waals surface area contributed by atoms with Gasteiger partial charge in [-0.1, -0.05) is 23.7 Å². The van der Waals surface area contributed by atoms with Crippen LogP contribution in [0, 0.1) is 0 Å². The van der Waals surface area contributed by atoms with Gasteiger partial charge in [-0.15, -0.1) is 11.8 Å². The molecule has 0 aromatic heterocycles. The summed E-state index contributed by atoms with van der Waals surface area (Å²) in [7, 11) is 0. The van der Waals surface area contributed by atoms with Crippen molar-refractivity contribution in [2.75, 3.05) is 17.3 Å². The second-order valence-corrected chi connectivity index (χ2v) is 5.15. The Kier molecular flexibility index (Phi) is 4.35. The molecule has 0 spiro atoms. The number of halogens is 1. The maximum Gasteiger partial charge on any atom is 0.256 e. The Labute approximate surface area is 121 Å². The van der Waals surface area contributed by atoms with E-state index in [1.807, 2.05) is 24.5 Å². The number of amides is 1. The van der Waals surface area contributed by atoms with Crippen LogP contribution < -0.4 is 11.1 Å². The van der Waals surface area contributed by atoms with Crippen LogP contribution in [0.5, 0.6) is 0 Å². The molecule has 0 aliphatic rings. The lowest BCUT2D eigenvalue weighted by Crippen LogP contribution is -2.13. The highest BCUT2D eigenvalue weighted by atomic mass is 35.5. The number of hydrogen-bond donors (Lipinski definition) is 2. The summed E-state index contributed by atoms with van der Waals surface area (Å²) in [6.07, 6.45) is 1.93. The van der Waals surface area contributed by atoms with Crippen molar-refractivity contribution >= 4 is 40.6 Å². The van der Waals surface area contributed by atoms with E-state index in [-0.39, 0.29) is 5.91 Å². The Bertz CT molecular complexity index is 616. The van der Waals surface area contributed by atoms with Crippen molar-refractivity contribution in [2.24, 2.45) is 0 Å². The molecule has 1 amide bonds. The zero-order valence-electron chi connectivity index (χ0n) is 10.3. The molecule has 0 aliphatic carbocycles. The summed E-state index contributed by atoms with van der Waals surface area (Å²) in [6.45, 7) is 0. The smallest absolute Gasteiger partial charge is 0.256 e. The third-order valence-electron chi connectivity index (χ3n) is 2.59. The summed E-state index contributed by atoms with van der Waals surface area (Å²) in [5.74, 6) is -0.197.